The fourth-order valence-corrected chi connectivity index (χ4v) is 2.11. The molecule has 0 aliphatic heterocycles. The lowest BCUT2D eigenvalue weighted by Gasteiger charge is -2.07. The third-order valence-electron chi connectivity index (χ3n) is 2.89. The second kappa shape index (κ2) is 6.01. The van der Waals surface area contributed by atoms with Gasteiger partial charge in [-0.2, -0.15) is 5.26 Å². The quantitative estimate of drug-likeness (QED) is 0.907. The smallest absolute Gasteiger partial charge is 0.125 e. The molecule has 2 aromatic rings. The molecule has 0 aliphatic rings. The minimum Gasteiger partial charge on any atom is -0.370 e. The van der Waals surface area contributed by atoms with E-state index in [0.717, 1.165) is 18.8 Å². The molecule has 1 aromatic carbocycles. The molecule has 0 atom stereocenters. The van der Waals surface area contributed by atoms with Crippen LogP contribution in [0.5, 0.6) is 0 Å². The van der Waals surface area contributed by atoms with Crippen LogP contribution in [-0.4, -0.2) is 11.5 Å². The molecule has 3 heteroatoms. The summed E-state index contributed by atoms with van der Waals surface area (Å²) >= 11 is 0. The molecule has 96 valence electrons. The van der Waals surface area contributed by atoms with Crippen molar-refractivity contribution in [2.45, 2.75) is 20.3 Å². The Labute approximate surface area is 113 Å². The summed E-state index contributed by atoms with van der Waals surface area (Å²) in [4.78, 5) is 4.18. The number of rotatable bonds is 4. The number of aromatic nitrogens is 1. The van der Waals surface area contributed by atoms with Crippen molar-refractivity contribution < 1.29 is 0 Å². The van der Waals surface area contributed by atoms with Crippen LogP contribution in [-0.2, 0) is 6.42 Å². The van der Waals surface area contributed by atoms with Crippen LogP contribution in [0.1, 0.15) is 22.3 Å². The normalized spacial score (nSPS) is 9.95. The van der Waals surface area contributed by atoms with Gasteiger partial charge in [-0.3, -0.25) is 0 Å². The van der Waals surface area contributed by atoms with Gasteiger partial charge in [0.05, 0.1) is 5.56 Å². The molecule has 0 saturated carbocycles. The van der Waals surface area contributed by atoms with E-state index in [9.17, 15) is 0 Å². The molecular formula is C16H17N3. The van der Waals surface area contributed by atoms with E-state index in [1.165, 1.54) is 16.7 Å². The van der Waals surface area contributed by atoms with E-state index >= 15 is 0 Å². The van der Waals surface area contributed by atoms with E-state index in [2.05, 4.69) is 48.4 Å². The third kappa shape index (κ3) is 3.82. The number of nitrogens with one attached hydrogen (secondary N) is 1. The maximum atomic E-state index is 8.69. The van der Waals surface area contributed by atoms with E-state index in [-0.39, 0.29) is 0 Å². The molecule has 0 aliphatic carbocycles. The van der Waals surface area contributed by atoms with Gasteiger partial charge in [-0.1, -0.05) is 29.3 Å². The van der Waals surface area contributed by atoms with Crippen molar-refractivity contribution >= 4 is 5.82 Å². The van der Waals surface area contributed by atoms with Crippen LogP contribution in [0.25, 0.3) is 0 Å². The first-order valence-corrected chi connectivity index (χ1v) is 6.34. The Balaban J connectivity index is 1.90. The highest BCUT2D eigenvalue weighted by atomic mass is 15.0. The minimum atomic E-state index is 0.583. The second-order valence-corrected chi connectivity index (χ2v) is 4.72. The average molecular weight is 251 g/mol. The highest BCUT2D eigenvalue weighted by Gasteiger charge is 1.98. The van der Waals surface area contributed by atoms with E-state index in [1.807, 2.05) is 6.07 Å². The van der Waals surface area contributed by atoms with Crippen LogP contribution in [0.15, 0.2) is 36.5 Å². The van der Waals surface area contributed by atoms with Gasteiger partial charge in [0, 0.05) is 12.7 Å². The lowest BCUT2D eigenvalue weighted by Crippen LogP contribution is -2.06. The Morgan fingerprint density at radius 3 is 2.47 bits per heavy atom. The van der Waals surface area contributed by atoms with Crippen molar-refractivity contribution in [3.63, 3.8) is 0 Å². The lowest BCUT2D eigenvalue weighted by atomic mass is 10.1. The Kier molecular flexibility index (Phi) is 4.15. The number of hydrogen-bond acceptors (Lipinski definition) is 3. The zero-order valence-corrected chi connectivity index (χ0v) is 11.3. The lowest BCUT2D eigenvalue weighted by molar-refractivity contribution is 1.00. The molecule has 0 radical (unpaired) electrons. The molecule has 1 aromatic heterocycles. The van der Waals surface area contributed by atoms with E-state index < -0.39 is 0 Å². The minimum absolute atomic E-state index is 0.583. The summed E-state index contributed by atoms with van der Waals surface area (Å²) in [6.07, 6.45) is 2.54. The molecule has 1 N–H and O–H groups in total. The standard InChI is InChI=1S/C16H17N3/c1-12-7-13(2)9-14(8-12)5-6-18-16-4-3-15(10-17)11-19-16/h3-4,7-9,11H,5-6H2,1-2H3,(H,18,19). The zero-order valence-electron chi connectivity index (χ0n) is 11.3. The third-order valence-corrected chi connectivity index (χ3v) is 2.89. The predicted molar refractivity (Wildman–Crippen MR) is 77.1 cm³/mol. The summed E-state index contributed by atoms with van der Waals surface area (Å²) in [7, 11) is 0. The molecule has 1 heterocycles. The Hall–Kier alpha value is -2.34. The molecule has 0 saturated heterocycles. The largest absolute Gasteiger partial charge is 0.370 e. The van der Waals surface area contributed by atoms with Crippen LogP contribution in [0.4, 0.5) is 5.82 Å². The van der Waals surface area contributed by atoms with E-state index in [0.29, 0.717) is 5.56 Å². The van der Waals surface area contributed by atoms with E-state index in [4.69, 9.17) is 5.26 Å². The molecule has 0 unspecified atom stereocenters. The fraction of sp³-hybridized carbons (Fsp3) is 0.250. The summed E-state index contributed by atoms with van der Waals surface area (Å²) in [5, 5.41) is 12.0. The van der Waals surface area contributed by atoms with Crippen molar-refractivity contribution in [3.05, 3.63) is 58.8 Å². The number of benzene rings is 1. The van der Waals surface area contributed by atoms with Gasteiger partial charge in [0.2, 0.25) is 0 Å². The van der Waals surface area contributed by atoms with Gasteiger partial charge in [-0.25, -0.2) is 4.98 Å². The van der Waals surface area contributed by atoms with Crippen LogP contribution < -0.4 is 5.32 Å². The molecular weight excluding hydrogens is 234 g/mol. The first kappa shape index (κ1) is 13.1. The molecule has 19 heavy (non-hydrogen) atoms. The molecule has 3 nitrogen and oxygen atoms in total. The Bertz CT molecular complexity index is 574. The number of pyridine rings is 1. The van der Waals surface area contributed by atoms with E-state index in [1.54, 1.807) is 12.3 Å². The molecule has 0 bridgehead atoms. The topological polar surface area (TPSA) is 48.7 Å². The Morgan fingerprint density at radius 2 is 1.89 bits per heavy atom. The Morgan fingerprint density at radius 1 is 1.16 bits per heavy atom. The summed E-state index contributed by atoms with van der Waals surface area (Å²) < 4.78 is 0. The predicted octanol–water partition coefficient (Wildman–Crippen LogP) is 3.22. The number of hydrogen-bond donors (Lipinski definition) is 1. The van der Waals surface area contributed by atoms with Gasteiger partial charge in [0.25, 0.3) is 0 Å². The SMILES string of the molecule is Cc1cc(C)cc(CCNc2ccc(C#N)cn2)c1. The highest BCUT2D eigenvalue weighted by molar-refractivity contribution is 5.39. The van der Waals surface area contributed by atoms with Gasteiger partial charge in [0.1, 0.15) is 11.9 Å². The summed E-state index contributed by atoms with van der Waals surface area (Å²) in [6.45, 7) is 5.07. The molecule has 0 fully saturated rings. The summed E-state index contributed by atoms with van der Waals surface area (Å²) in [6, 6.07) is 12.3. The van der Waals surface area contributed by atoms with Gasteiger partial charge < -0.3 is 5.32 Å². The van der Waals surface area contributed by atoms with Crippen LogP contribution in [0.3, 0.4) is 0 Å². The van der Waals surface area contributed by atoms with Crippen LogP contribution >= 0.6 is 0 Å². The van der Waals surface area contributed by atoms with Crippen molar-refractivity contribution in [1.82, 2.24) is 4.98 Å². The van der Waals surface area contributed by atoms with Crippen molar-refractivity contribution in [3.8, 4) is 6.07 Å². The monoisotopic (exact) mass is 251 g/mol. The van der Waals surface area contributed by atoms with Crippen molar-refractivity contribution in [1.29, 1.82) is 5.26 Å². The number of aryl methyl sites for hydroxylation is 2. The maximum Gasteiger partial charge on any atom is 0.125 e. The van der Waals surface area contributed by atoms with Gasteiger partial charge >= 0.3 is 0 Å². The number of nitrogens with zero attached hydrogens (tertiary/aromatic N) is 2. The zero-order chi connectivity index (χ0) is 13.7. The van der Waals surface area contributed by atoms with Crippen LogP contribution in [0, 0.1) is 25.2 Å². The average Bonchev–Trinajstić information content (AvgIpc) is 2.38. The summed E-state index contributed by atoms with van der Waals surface area (Å²) in [5.41, 5.74) is 4.51. The van der Waals surface area contributed by atoms with Crippen molar-refractivity contribution in [2.24, 2.45) is 0 Å². The molecule has 0 amide bonds. The van der Waals surface area contributed by atoms with Crippen molar-refractivity contribution in [2.75, 3.05) is 11.9 Å². The van der Waals surface area contributed by atoms with Gasteiger partial charge in [-0.05, 0) is 38.0 Å². The number of anilines is 1. The fourth-order valence-electron chi connectivity index (χ4n) is 2.11. The molecule has 2 rings (SSSR count). The highest BCUT2D eigenvalue weighted by Crippen LogP contribution is 2.10. The van der Waals surface area contributed by atoms with Gasteiger partial charge in [0.15, 0.2) is 0 Å². The first-order chi connectivity index (χ1) is 9.17. The maximum absolute atomic E-state index is 8.69. The van der Waals surface area contributed by atoms with Crippen LogP contribution in [0.2, 0.25) is 0 Å². The second-order valence-electron chi connectivity index (χ2n) is 4.72. The first-order valence-electron chi connectivity index (χ1n) is 6.34. The molecule has 0 spiro atoms. The van der Waals surface area contributed by atoms with Gasteiger partial charge in [-0.15, -0.1) is 0 Å². The number of nitriles is 1. The summed E-state index contributed by atoms with van der Waals surface area (Å²) in [5.74, 6) is 0.809.